The van der Waals surface area contributed by atoms with Crippen LogP contribution in [0.15, 0.2) is 67.3 Å². The molecule has 2 aromatic carbocycles. The van der Waals surface area contributed by atoms with E-state index in [9.17, 15) is 5.11 Å². The highest BCUT2D eigenvalue weighted by Crippen LogP contribution is 2.28. The third kappa shape index (κ3) is 6.10. The van der Waals surface area contributed by atoms with E-state index < -0.39 is 0 Å². The summed E-state index contributed by atoms with van der Waals surface area (Å²) in [6.07, 6.45) is 4.02. The summed E-state index contributed by atoms with van der Waals surface area (Å²) >= 11 is 0. The molecule has 0 spiro atoms. The Morgan fingerprint density at radius 2 is 1.76 bits per heavy atom. The van der Waals surface area contributed by atoms with E-state index in [1.807, 2.05) is 24.3 Å². The second kappa shape index (κ2) is 11.4. The largest absolute Gasteiger partial charge is 0.392 e. The van der Waals surface area contributed by atoms with Crippen LogP contribution in [0.25, 0.3) is 11.4 Å². The maximum Gasteiger partial charge on any atom is 0.161 e. The van der Waals surface area contributed by atoms with E-state index in [1.165, 1.54) is 16.7 Å². The highest BCUT2D eigenvalue weighted by atomic mass is 16.3. The Balaban J connectivity index is 1.59. The number of rotatable bonds is 9. The zero-order valence-corrected chi connectivity index (χ0v) is 20.5. The average Bonchev–Trinajstić information content (AvgIpc) is 2.85. The maximum absolute atomic E-state index is 10.3. The number of hydrogen-bond donors (Lipinski definition) is 1. The predicted molar refractivity (Wildman–Crippen MR) is 140 cm³/mol. The molecule has 0 aliphatic carbocycles. The van der Waals surface area contributed by atoms with Gasteiger partial charge < -0.3 is 10.0 Å². The fraction of sp³-hybridized carbons (Fsp3) is 0.379. The van der Waals surface area contributed by atoms with Crippen LogP contribution in [-0.4, -0.2) is 58.8 Å². The summed E-state index contributed by atoms with van der Waals surface area (Å²) in [5.74, 6) is 1.82. The minimum atomic E-state index is -0.299. The lowest BCUT2D eigenvalue weighted by molar-refractivity contribution is 0.103. The lowest BCUT2D eigenvalue weighted by atomic mass is 10.0. The summed E-state index contributed by atoms with van der Waals surface area (Å²) in [6, 6.07) is 18.9. The maximum atomic E-state index is 10.3. The number of benzene rings is 2. The molecule has 2 heterocycles. The standard InChI is InChI=1S/C29H36N4O/c1-4-5-14-26(34)21-32-15-17-33(18-16-32)29-27(20-24-11-9-10-22(2)19-24)23(3)30-28(31-29)25-12-7-6-8-13-25/h4,6-13,19,26,34H,1,5,14-18,20-21H2,2-3H3. The van der Waals surface area contributed by atoms with E-state index in [1.54, 1.807) is 0 Å². The van der Waals surface area contributed by atoms with Gasteiger partial charge in [0.15, 0.2) is 5.82 Å². The molecule has 5 heteroatoms. The Kier molecular flexibility index (Phi) is 8.09. The number of aliphatic hydroxyl groups excluding tert-OH is 1. The van der Waals surface area contributed by atoms with Crippen LogP contribution < -0.4 is 4.90 Å². The number of allylic oxidation sites excluding steroid dienone is 1. The number of anilines is 1. The van der Waals surface area contributed by atoms with Crippen LogP contribution in [0.5, 0.6) is 0 Å². The summed E-state index contributed by atoms with van der Waals surface area (Å²) < 4.78 is 0. The third-order valence-electron chi connectivity index (χ3n) is 6.53. The summed E-state index contributed by atoms with van der Waals surface area (Å²) in [5.41, 5.74) is 5.82. The van der Waals surface area contributed by atoms with E-state index >= 15 is 0 Å². The highest BCUT2D eigenvalue weighted by molar-refractivity contribution is 5.61. The highest BCUT2D eigenvalue weighted by Gasteiger charge is 2.24. The summed E-state index contributed by atoms with van der Waals surface area (Å²) in [5, 5.41) is 10.3. The Bertz CT molecular complexity index is 1090. The molecule has 3 aromatic rings. The molecule has 0 amide bonds. The zero-order valence-electron chi connectivity index (χ0n) is 20.5. The number of aromatic nitrogens is 2. The van der Waals surface area contributed by atoms with Crippen molar-refractivity contribution in [3.63, 3.8) is 0 Å². The first-order valence-corrected chi connectivity index (χ1v) is 12.3. The summed E-state index contributed by atoms with van der Waals surface area (Å²) in [4.78, 5) is 14.8. The van der Waals surface area contributed by atoms with Crippen molar-refractivity contribution in [2.24, 2.45) is 0 Å². The normalized spacial score (nSPS) is 15.3. The van der Waals surface area contributed by atoms with E-state index in [2.05, 4.69) is 66.6 Å². The average molecular weight is 457 g/mol. The molecule has 1 aliphatic heterocycles. The topological polar surface area (TPSA) is 52.5 Å². The first-order chi connectivity index (χ1) is 16.5. The van der Waals surface area contributed by atoms with Gasteiger partial charge in [0, 0.05) is 56.0 Å². The molecule has 1 aromatic heterocycles. The fourth-order valence-corrected chi connectivity index (χ4v) is 4.63. The molecule has 1 saturated heterocycles. The molecule has 0 saturated carbocycles. The van der Waals surface area contributed by atoms with Gasteiger partial charge in [0.1, 0.15) is 5.82 Å². The van der Waals surface area contributed by atoms with Crippen LogP contribution in [0, 0.1) is 13.8 Å². The number of piperazine rings is 1. The Hall–Kier alpha value is -3.02. The van der Waals surface area contributed by atoms with Crippen LogP contribution in [0.1, 0.15) is 35.2 Å². The molecule has 1 atom stereocenters. The molecule has 178 valence electrons. The van der Waals surface area contributed by atoms with Gasteiger partial charge in [-0.2, -0.15) is 0 Å². The Morgan fingerprint density at radius 3 is 2.47 bits per heavy atom. The molecular formula is C29H36N4O. The lowest BCUT2D eigenvalue weighted by Crippen LogP contribution is -2.49. The smallest absolute Gasteiger partial charge is 0.161 e. The molecule has 1 N–H and O–H groups in total. The van der Waals surface area contributed by atoms with Gasteiger partial charge in [0.05, 0.1) is 6.10 Å². The van der Waals surface area contributed by atoms with E-state index in [-0.39, 0.29) is 6.10 Å². The quantitative estimate of drug-likeness (QED) is 0.469. The molecule has 5 nitrogen and oxygen atoms in total. The van der Waals surface area contributed by atoms with Gasteiger partial charge in [-0.15, -0.1) is 6.58 Å². The molecular weight excluding hydrogens is 420 g/mol. The van der Waals surface area contributed by atoms with Gasteiger partial charge in [-0.3, -0.25) is 4.90 Å². The van der Waals surface area contributed by atoms with Crippen molar-refractivity contribution in [3.8, 4) is 11.4 Å². The third-order valence-corrected chi connectivity index (χ3v) is 6.53. The van der Waals surface area contributed by atoms with Crippen molar-refractivity contribution >= 4 is 5.82 Å². The fourth-order valence-electron chi connectivity index (χ4n) is 4.63. The summed E-state index contributed by atoms with van der Waals surface area (Å²) in [7, 11) is 0. The number of aryl methyl sites for hydroxylation is 2. The van der Waals surface area contributed by atoms with Crippen LogP contribution >= 0.6 is 0 Å². The second-order valence-corrected chi connectivity index (χ2v) is 9.27. The van der Waals surface area contributed by atoms with Crippen molar-refractivity contribution in [2.45, 2.75) is 39.2 Å². The lowest BCUT2D eigenvalue weighted by Gasteiger charge is -2.37. The Labute approximate surface area is 203 Å². The molecule has 1 aliphatic rings. The van der Waals surface area contributed by atoms with E-state index in [0.29, 0.717) is 0 Å². The zero-order chi connectivity index (χ0) is 23.9. The molecule has 1 unspecified atom stereocenters. The minimum absolute atomic E-state index is 0.299. The van der Waals surface area contributed by atoms with E-state index in [0.717, 1.165) is 74.9 Å². The van der Waals surface area contributed by atoms with Crippen LogP contribution in [0.2, 0.25) is 0 Å². The van der Waals surface area contributed by atoms with Gasteiger partial charge in [0.25, 0.3) is 0 Å². The van der Waals surface area contributed by atoms with Crippen molar-refractivity contribution in [2.75, 3.05) is 37.6 Å². The minimum Gasteiger partial charge on any atom is -0.392 e. The second-order valence-electron chi connectivity index (χ2n) is 9.27. The first kappa shape index (κ1) is 24.1. The van der Waals surface area contributed by atoms with Crippen LogP contribution in [-0.2, 0) is 6.42 Å². The number of aliphatic hydroxyl groups is 1. The number of nitrogens with zero attached hydrogens (tertiary/aromatic N) is 4. The van der Waals surface area contributed by atoms with Gasteiger partial charge in [-0.05, 0) is 32.3 Å². The van der Waals surface area contributed by atoms with Crippen molar-refractivity contribution < 1.29 is 5.11 Å². The SMILES string of the molecule is C=CCCC(O)CN1CCN(c2nc(-c3ccccc3)nc(C)c2Cc2cccc(C)c2)CC1. The van der Waals surface area contributed by atoms with E-state index in [4.69, 9.17) is 9.97 Å². The monoisotopic (exact) mass is 456 g/mol. The van der Waals surface area contributed by atoms with Gasteiger partial charge >= 0.3 is 0 Å². The predicted octanol–water partition coefficient (Wildman–Crippen LogP) is 4.80. The van der Waals surface area contributed by atoms with Crippen molar-refractivity contribution in [3.05, 3.63) is 89.6 Å². The Morgan fingerprint density at radius 1 is 1.00 bits per heavy atom. The molecule has 0 radical (unpaired) electrons. The number of hydrogen-bond acceptors (Lipinski definition) is 5. The van der Waals surface area contributed by atoms with Gasteiger partial charge in [-0.25, -0.2) is 9.97 Å². The van der Waals surface area contributed by atoms with Crippen LogP contribution in [0.4, 0.5) is 5.82 Å². The summed E-state index contributed by atoms with van der Waals surface area (Å²) in [6.45, 7) is 12.3. The molecule has 4 rings (SSSR count). The molecule has 0 bridgehead atoms. The van der Waals surface area contributed by atoms with Gasteiger partial charge in [-0.1, -0.05) is 66.2 Å². The molecule has 1 fully saturated rings. The van der Waals surface area contributed by atoms with Crippen molar-refractivity contribution in [1.82, 2.24) is 14.9 Å². The van der Waals surface area contributed by atoms with Crippen molar-refractivity contribution in [1.29, 1.82) is 0 Å². The van der Waals surface area contributed by atoms with Gasteiger partial charge in [0.2, 0.25) is 0 Å². The molecule has 34 heavy (non-hydrogen) atoms. The number of β-amino-alcohol motifs (C(OH)–C–C–N with tert-alkyl or cyclic N) is 1. The first-order valence-electron chi connectivity index (χ1n) is 12.3. The van der Waals surface area contributed by atoms with Crippen LogP contribution in [0.3, 0.4) is 0 Å².